The smallest absolute Gasteiger partial charge is 0.317 e. The zero-order valence-electron chi connectivity index (χ0n) is 11.0. The number of aliphatic carboxylic acids is 4. The molecule has 0 saturated carbocycles. The molecule has 4 N–H and O–H groups in total. The van der Waals surface area contributed by atoms with E-state index in [0.29, 0.717) is 0 Å². The molecule has 0 fully saturated rings. The molecule has 0 spiro atoms. The van der Waals surface area contributed by atoms with Crippen molar-refractivity contribution in [1.29, 1.82) is 0 Å². The van der Waals surface area contributed by atoms with Gasteiger partial charge in [0.15, 0.2) is 0 Å². The van der Waals surface area contributed by atoms with Crippen LogP contribution < -0.4 is 6.15 Å². The van der Waals surface area contributed by atoms with Gasteiger partial charge in [-0.15, -0.1) is 0 Å². The summed E-state index contributed by atoms with van der Waals surface area (Å²) in [5, 5.41) is 34.5. The molecule has 0 heterocycles. The van der Waals surface area contributed by atoms with E-state index in [1.165, 1.54) is 0 Å². The first-order chi connectivity index (χ1) is 9.20. The van der Waals surface area contributed by atoms with Gasteiger partial charge in [0, 0.05) is 19.2 Å². The van der Waals surface area contributed by atoms with Crippen LogP contribution in [0.2, 0.25) is 0 Å². The molecule has 21 heavy (non-hydrogen) atoms. The van der Waals surface area contributed by atoms with Crippen LogP contribution in [0.5, 0.6) is 0 Å². The van der Waals surface area contributed by atoms with Crippen LogP contribution in [0.1, 0.15) is 0 Å². The summed E-state index contributed by atoms with van der Waals surface area (Å²) in [4.78, 5) is 44.4. The average molecular weight is 306 g/mol. The molecular weight excluding hydrogens is 290 g/mol. The van der Waals surface area contributed by atoms with Gasteiger partial charge in [-0.1, -0.05) is 0 Å². The Labute approximate surface area is 120 Å². The van der Waals surface area contributed by atoms with Crippen molar-refractivity contribution in [2.24, 2.45) is 0 Å². The highest BCUT2D eigenvalue weighted by molar-refractivity contribution is 5.73. The Hall–Kier alpha value is -2.24. The molecule has 0 aromatic heterocycles. The summed E-state index contributed by atoms with van der Waals surface area (Å²) in [6, 6.07) is 0. The molecule has 0 bridgehead atoms. The third-order valence-corrected chi connectivity index (χ3v) is 2.17. The number of carboxylic acids is 4. The molecule has 0 aliphatic carbocycles. The van der Waals surface area contributed by atoms with E-state index in [4.69, 9.17) is 20.4 Å². The number of nitrogens with zero attached hydrogens (tertiary/aromatic N) is 3. The maximum atomic E-state index is 10.6. The zero-order valence-corrected chi connectivity index (χ0v) is 11.0. The van der Waals surface area contributed by atoms with Crippen LogP contribution in [0.3, 0.4) is 0 Å². The molecule has 0 unspecified atom stereocenters. The third-order valence-electron chi connectivity index (χ3n) is 2.17. The lowest BCUT2D eigenvalue weighted by Crippen LogP contribution is -2.43. The molecule has 0 saturated heterocycles. The number of hydrogen-bond acceptors (Lipinski definition) is 6. The van der Waals surface area contributed by atoms with Gasteiger partial charge in [0.05, 0.1) is 26.2 Å². The van der Waals surface area contributed by atoms with E-state index in [1.807, 2.05) is 0 Å². The molecule has 0 aliphatic heterocycles. The number of carboxylic acid groups (broad SMARTS) is 4. The predicted octanol–water partition coefficient (Wildman–Crippen LogP) is -2.55. The van der Waals surface area contributed by atoms with Crippen molar-refractivity contribution in [3.05, 3.63) is 0 Å². The molecule has 11 heteroatoms. The predicted molar refractivity (Wildman–Crippen MR) is 65.6 cm³/mol. The second kappa shape index (κ2) is 10.5. The van der Waals surface area contributed by atoms with Gasteiger partial charge in [0.1, 0.15) is 0 Å². The van der Waals surface area contributed by atoms with E-state index in [9.17, 15) is 19.2 Å². The fourth-order valence-electron chi connectivity index (χ4n) is 1.48. The quantitative estimate of drug-likeness (QED) is 0.316. The molecule has 0 rings (SSSR count). The van der Waals surface area contributed by atoms with Crippen LogP contribution in [-0.4, -0.2) is 93.4 Å². The van der Waals surface area contributed by atoms with Crippen molar-refractivity contribution < 1.29 is 39.6 Å². The highest BCUT2D eigenvalue weighted by Gasteiger charge is 2.17. The summed E-state index contributed by atoms with van der Waals surface area (Å²) in [6.45, 7) is -2.25. The molecule has 0 aliphatic rings. The lowest BCUT2D eigenvalue weighted by atomic mass is 10.4. The third kappa shape index (κ3) is 12.5. The molecule has 0 atom stereocenters. The topological polar surface area (TPSA) is 186 Å². The summed E-state index contributed by atoms with van der Waals surface area (Å²) in [5.41, 5.74) is 0. The van der Waals surface area contributed by atoms with E-state index in [0.717, 1.165) is 9.80 Å². The number of hydrogen-bond donors (Lipinski definition) is 4. The largest absolute Gasteiger partial charge is 0.480 e. The minimum Gasteiger partial charge on any atom is -0.480 e. The van der Waals surface area contributed by atoms with Crippen molar-refractivity contribution in [2.45, 2.75) is 0 Å². The summed E-state index contributed by atoms with van der Waals surface area (Å²) in [6.07, 6.45) is 0. The Bertz CT molecular complexity index is 318. The second-order valence-electron chi connectivity index (χ2n) is 4.00. The Morgan fingerprint density at radius 2 is 0.762 bits per heavy atom. The maximum Gasteiger partial charge on any atom is 0.317 e. The van der Waals surface area contributed by atoms with Gasteiger partial charge in [0.25, 0.3) is 0 Å². The van der Waals surface area contributed by atoms with Crippen LogP contribution in [0.15, 0.2) is 0 Å². The Balaban J connectivity index is 0. The van der Waals surface area contributed by atoms with Crippen molar-refractivity contribution in [2.75, 3.05) is 39.3 Å². The zero-order chi connectivity index (χ0) is 15.7. The van der Waals surface area contributed by atoms with Crippen molar-refractivity contribution in [3.8, 4) is 0 Å². The van der Waals surface area contributed by atoms with E-state index in [1.54, 1.807) is 0 Å². The van der Waals surface area contributed by atoms with E-state index >= 15 is 0 Å². The van der Waals surface area contributed by atoms with Crippen LogP contribution in [-0.2, 0) is 19.2 Å². The Morgan fingerprint density at radius 1 is 0.571 bits per heavy atom. The summed E-state index contributed by atoms with van der Waals surface area (Å²) in [7, 11) is 0. The molecule has 0 aromatic carbocycles. The highest BCUT2D eigenvalue weighted by Crippen LogP contribution is 1.94. The standard InChI is InChI=1S/C10H16N2O8.N/c13-7(14)3-11(4-8(15)16)1-2-12(5-9(17)18)6-10(19)20;/h1-6H2,(H,13,14)(H,15,16)(H,17,18)(H,19,20);. The number of carbonyl (C=O) groups is 4. The highest BCUT2D eigenvalue weighted by atomic mass is 16.4. The monoisotopic (exact) mass is 306 g/mol. The van der Waals surface area contributed by atoms with Crippen molar-refractivity contribution in [3.63, 3.8) is 0 Å². The Kier molecular flexibility index (Phi) is 10.6. The van der Waals surface area contributed by atoms with Gasteiger partial charge >= 0.3 is 23.9 Å². The fourth-order valence-corrected chi connectivity index (χ4v) is 1.48. The van der Waals surface area contributed by atoms with Gasteiger partial charge in [-0.2, -0.15) is 0 Å². The van der Waals surface area contributed by atoms with E-state index in [2.05, 4.69) is 0 Å². The van der Waals surface area contributed by atoms with Gasteiger partial charge in [-0.3, -0.25) is 29.0 Å². The molecule has 3 radical (unpaired) electrons. The van der Waals surface area contributed by atoms with Gasteiger partial charge < -0.3 is 20.4 Å². The van der Waals surface area contributed by atoms with Crippen LogP contribution in [0.25, 0.3) is 0 Å². The lowest BCUT2D eigenvalue weighted by molar-refractivity contribution is -0.145. The van der Waals surface area contributed by atoms with Crippen molar-refractivity contribution in [1.82, 2.24) is 16.0 Å². The SMILES string of the molecule is O=C(O)CN(CCN(CC(=O)O)CC(=O)O)CC(=O)O.[N]. The molecule has 0 amide bonds. The average Bonchev–Trinajstić information content (AvgIpc) is 2.22. The number of rotatable bonds is 11. The van der Waals surface area contributed by atoms with E-state index < -0.39 is 50.1 Å². The van der Waals surface area contributed by atoms with Crippen LogP contribution in [0, 0.1) is 0 Å². The summed E-state index contributed by atoms with van der Waals surface area (Å²) in [5.74, 6) is -4.91. The van der Waals surface area contributed by atoms with E-state index in [-0.39, 0.29) is 19.2 Å². The second-order valence-corrected chi connectivity index (χ2v) is 4.00. The molecule has 119 valence electrons. The van der Waals surface area contributed by atoms with Gasteiger partial charge in [0.2, 0.25) is 0 Å². The summed E-state index contributed by atoms with van der Waals surface area (Å²) >= 11 is 0. The van der Waals surface area contributed by atoms with Gasteiger partial charge in [-0.05, 0) is 0 Å². The minimum atomic E-state index is -1.23. The molecule has 11 nitrogen and oxygen atoms in total. The first kappa shape index (κ1) is 21.1. The minimum absolute atomic E-state index is 0. The van der Waals surface area contributed by atoms with Gasteiger partial charge in [-0.25, -0.2) is 0 Å². The maximum absolute atomic E-state index is 10.6. The van der Waals surface area contributed by atoms with Crippen LogP contribution in [0.4, 0.5) is 0 Å². The first-order valence-electron chi connectivity index (χ1n) is 5.52. The molecular formula is C10H16N3O8. The van der Waals surface area contributed by atoms with Crippen molar-refractivity contribution >= 4 is 23.9 Å². The fraction of sp³-hybridized carbons (Fsp3) is 0.600. The summed E-state index contributed by atoms with van der Waals surface area (Å²) < 4.78 is 0. The Morgan fingerprint density at radius 3 is 0.905 bits per heavy atom. The first-order valence-corrected chi connectivity index (χ1v) is 5.52. The lowest BCUT2D eigenvalue weighted by Gasteiger charge is -2.23. The molecule has 0 aromatic rings. The van der Waals surface area contributed by atoms with Crippen LogP contribution >= 0.6 is 0 Å². The normalized spacial score (nSPS) is 10.2.